The van der Waals surface area contributed by atoms with E-state index in [1.807, 2.05) is 32.0 Å². The monoisotopic (exact) mass is 292 g/mol. The molecule has 21 heavy (non-hydrogen) atoms. The molecule has 1 aromatic carbocycles. The number of ketones is 1. The molecule has 0 aliphatic heterocycles. The molecule has 0 aliphatic rings. The van der Waals surface area contributed by atoms with E-state index in [2.05, 4.69) is 13.8 Å². The Bertz CT molecular complexity index is 434. The van der Waals surface area contributed by atoms with Crippen LogP contribution in [0, 0.1) is 5.92 Å². The maximum absolute atomic E-state index is 12.7. The molecule has 0 amide bonds. The van der Waals surface area contributed by atoms with Gasteiger partial charge in [0.15, 0.2) is 17.3 Å². The van der Waals surface area contributed by atoms with Crippen molar-refractivity contribution >= 4 is 5.78 Å². The standard InChI is InChI=1S/C18H28O3/c1-5-9-14(10-6-2)18(19)15-11-12-16(20-7-3)17(13-15)21-8-4/h11-14H,5-10H2,1-4H3. The normalized spacial score (nSPS) is 10.7. The highest BCUT2D eigenvalue weighted by Gasteiger charge is 2.20. The van der Waals surface area contributed by atoms with Gasteiger partial charge in [-0.15, -0.1) is 0 Å². The van der Waals surface area contributed by atoms with Gasteiger partial charge in [0.1, 0.15) is 0 Å². The number of Topliss-reactive ketones (excluding diaryl/α,β-unsaturated/α-hetero) is 1. The summed E-state index contributed by atoms with van der Waals surface area (Å²) in [5.41, 5.74) is 0.730. The van der Waals surface area contributed by atoms with Gasteiger partial charge in [-0.05, 0) is 44.9 Å². The molecule has 0 N–H and O–H groups in total. The number of hydrogen-bond donors (Lipinski definition) is 0. The molecule has 0 atom stereocenters. The summed E-state index contributed by atoms with van der Waals surface area (Å²) in [7, 11) is 0. The molecule has 1 rings (SSSR count). The van der Waals surface area contributed by atoms with Crippen LogP contribution in [-0.2, 0) is 0 Å². The molecule has 0 unspecified atom stereocenters. The van der Waals surface area contributed by atoms with E-state index in [4.69, 9.17) is 9.47 Å². The molecule has 0 radical (unpaired) electrons. The molecule has 0 heterocycles. The van der Waals surface area contributed by atoms with Gasteiger partial charge >= 0.3 is 0 Å². The average molecular weight is 292 g/mol. The summed E-state index contributed by atoms with van der Waals surface area (Å²) in [6, 6.07) is 5.53. The summed E-state index contributed by atoms with van der Waals surface area (Å²) in [5.74, 6) is 1.71. The van der Waals surface area contributed by atoms with Crippen molar-refractivity contribution in [2.75, 3.05) is 13.2 Å². The first-order valence-electron chi connectivity index (χ1n) is 8.11. The fourth-order valence-corrected chi connectivity index (χ4v) is 2.54. The Hall–Kier alpha value is -1.51. The fraction of sp³-hybridized carbons (Fsp3) is 0.611. The lowest BCUT2D eigenvalue weighted by Crippen LogP contribution is -2.15. The average Bonchev–Trinajstić information content (AvgIpc) is 2.48. The summed E-state index contributed by atoms with van der Waals surface area (Å²) in [6.07, 6.45) is 3.96. The number of carbonyl (C=O) groups is 1. The van der Waals surface area contributed by atoms with Crippen LogP contribution >= 0.6 is 0 Å². The molecule has 0 saturated heterocycles. The minimum Gasteiger partial charge on any atom is -0.490 e. The van der Waals surface area contributed by atoms with Gasteiger partial charge < -0.3 is 9.47 Å². The van der Waals surface area contributed by atoms with Crippen molar-refractivity contribution in [2.45, 2.75) is 53.4 Å². The first-order chi connectivity index (χ1) is 10.2. The third kappa shape index (κ3) is 5.07. The second-order valence-corrected chi connectivity index (χ2v) is 5.17. The Kier molecular flexibility index (Phi) is 7.88. The second-order valence-electron chi connectivity index (χ2n) is 5.17. The number of benzene rings is 1. The lowest BCUT2D eigenvalue weighted by atomic mass is 9.89. The number of ether oxygens (including phenoxy) is 2. The molecular formula is C18H28O3. The minimum absolute atomic E-state index is 0.118. The second kappa shape index (κ2) is 9.43. The zero-order valence-electron chi connectivity index (χ0n) is 13.8. The van der Waals surface area contributed by atoms with E-state index in [1.165, 1.54) is 0 Å². The fourth-order valence-electron chi connectivity index (χ4n) is 2.54. The first-order valence-corrected chi connectivity index (χ1v) is 8.11. The summed E-state index contributed by atoms with van der Waals surface area (Å²) >= 11 is 0. The number of rotatable bonds is 10. The lowest BCUT2D eigenvalue weighted by molar-refractivity contribution is 0.0904. The van der Waals surface area contributed by atoms with E-state index in [0.717, 1.165) is 31.2 Å². The smallest absolute Gasteiger partial charge is 0.166 e. The summed E-state index contributed by atoms with van der Waals surface area (Å²) in [6.45, 7) is 9.26. The maximum atomic E-state index is 12.7. The Labute approximate surface area is 128 Å². The van der Waals surface area contributed by atoms with Gasteiger partial charge in [-0.2, -0.15) is 0 Å². The highest BCUT2D eigenvalue weighted by atomic mass is 16.5. The van der Waals surface area contributed by atoms with Gasteiger partial charge in [0.25, 0.3) is 0 Å². The molecule has 1 aromatic rings. The van der Waals surface area contributed by atoms with E-state index in [1.54, 1.807) is 0 Å². The predicted octanol–water partition coefficient (Wildman–Crippen LogP) is 4.88. The van der Waals surface area contributed by atoms with Gasteiger partial charge in [0.05, 0.1) is 13.2 Å². The number of carbonyl (C=O) groups excluding carboxylic acids is 1. The van der Waals surface area contributed by atoms with Crippen LogP contribution in [0.4, 0.5) is 0 Å². The van der Waals surface area contributed by atoms with Crippen LogP contribution in [0.2, 0.25) is 0 Å². The van der Waals surface area contributed by atoms with E-state index in [-0.39, 0.29) is 11.7 Å². The van der Waals surface area contributed by atoms with E-state index in [0.29, 0.717) is 24.7 Å². The molecule has 0 aromatic heterocycles. The zero-order chi connectivity index (χ0) is 15.7. The SMILES string of the molecule is CCCC(CCC)C(=O)c1ccc(OCC)c(OCC)c1. The minimum atomic E-state index is 0.118. The topological polar surface area (TPSA) is 35.5 Å². The third-order valence-electron chi connectivity index (χ3n) is 3.47. The highest BCUT2D eigenvalue weighted by Crippen LogP contribution is 2.30. The largest absolute Gasteiger partial charge is 0.490 e. The first kappa shape index (κ1) is 17.5. The molecule has 3 heteroatoms. The zero-order valence-corrected chi connectivity index (χ0v) is 13.8. The van der Waals surface area contributed by atoms with Crippen molar-refractivity contribution < 1.29 is 14.3 Å². The summed E-state index contributed by atoms with van der Waals surface area (Å²) in [4.78, 5) is 12.7. The maximum Gasteiger partial charge on any atom is 0.166 e. The van der Waals surface area contributed by atoms with Gasteiger partial charge in [-0.3, -0.25) is 4.79 Å². The van der Waals surface area contributed by atoms with Crippen LogP contribution in [-0.4, -0.2) is 19.0 Å². The lowest BCUT2D eigenvalue weighted by Gasteiger charge is -2.16. The molecule has 0 fully saturated rings. The summed E-state index contributed by atoms with van der Waals surface area (Å²) in [5, 5.41) is 0. The molecule has 0 bridgehead atoms. The van der Waals surface area contributed by atoms with Crippen LogP contribution < -0.4 is 9.47 Å². The van der Waals surface area contributed by atoms with Gasteiger partial charge in [0, 0.05) is 11.5 Å². The van der Waals surface area contributed by atoms with Crippen molar-refractivity contribution in [3.8, 4) is 11.5 Å². The quantitative estimate of drug-likeness (QED) is 0.576. The van der Waals surface area contributed by atoms with Crippen molar-refractivity contribution in [3.05, 3.63) is 23.8 Å². The van der Waals surface area contributed by atoms with Gasteiger partial charge in [-0.1, -0.05) is 26.7 Å². The van der Waals surface area contributed by atoms with Gasteiger partial charge in [-0.25, -0.2) is 0 Å². The van der Waals surface area contributed by atoms with Crippen molar-refractivity contribution in [3.63, 3.8) is 0 Å². The molecule has 0 spiro atoms. The van der Waals surface area contributed by atoms with Crippen LogP contribution in [0.1, 0.15) is 63.7 Å². The van der Waals surface area contributed by atoms with Crippen LogP contribution in [0.25, 0.3) is 0 Å². The Morgan fingerprint density at radius 2 is 1.52 bits per heavy atom. The predicted molar refractivity (Wildman–Crippen MR) is 86.4 cm³/mol. The van der Waals surface area contributed by atoms with E-state index in [9.17, 15) is 4.79 Å². The summed E-state index contributed by atoms with van der Waals surface area (Å²) < 4.78 is 11.1. The molecule has 3 nitrogen and oxygen atoms in total. The molecule has 118 valence electrons. The number of hydrogen-bond acceptors (Lipinski definition) is 3. The van der Waals surface area contributed by atoms with Crippen LogP contribution in [0.15, 0.2) is 18.2 Å². The molecule has 0 aliphatic carbocycles. The Morgan fingerprint density at radius 3 is 2.05 bits per heavy atom. The van der Waals surface area contributed by atoms with Crippen molar-refractivity contribution in [1.82, 2.24) is 0 Å². The molecule has 0 saturated carbocycles. The highest BCUT2D eigenvalue weighted by molar-refractivity contribution is 5.98. The van der Waals surface area contributed by atoms with Crippen molar-refractivity contribution in [1.29, 1.82) is 0 Å². The van der Waals surface area contributed by atoms with Crippen molar-refractivity contribution in [2.24, 2.45) is 5.92 Å². The van der Waals surface area contributed by atoms with E-state index < -0.39 is 0 Å². The molecular weight excluding hydrogens is 264 g/mol. The van der Waals surface area contributed by atoms with Crippen LogP contribution in [0.5, 0.6) is 11.5 Å². The van der Waals surface area contributed by atoms with Gasteiger partial charge in [0.2, 0.25) is 0 Å². The Morgan fingerprint density at radius 1 is 0.952 bits per heavy atom. The van der Waals surface area contributed by atoms with E-state index >= 15 is 0 Å². The van der Waals surface area contributed by atoms with Crippen LogP contribution in [0.3, 0.4) is 0 Å². The Balaban J connectivity index is 3.00. The third-order valence-corrected chi connectivity index (χ3v) is 3.47.